The van der Waals surface area contributed by atoms with Gasteiger partial charge in [-0.3, -0.25) is 0 Å². The van der Waals surface area contributed by atoms with Crippen molar-refractivity contribution in [3.8, 4) is 5.75 Å². The van der Waals surface area contributed by atoms with Gasteiger partial charge in [0, 0.05) is 25.3 Å². The molecule has 0 amide bonds. The summed E-state index contributed by atoms with van der Waals surface area (Å²) in [6.45, 7) is 4.92. The Morgan fingerprint density at radius 2 is 2.30 bits per heavy atom. The van der Waals surface area contributed by atoms with Crippen molar-refractivity contribution in [1.29, 1.82) is 0 Å². The minimum absolute atomic E-state index is 0.373. The highest BCUT2D eigenvalue weighted by Crippen LogP contribution is 2.34. The SMILES string of the molecule is CCCNC(CCCOC)c1cccc2c1OCCC2. The molecule has 1 heterocycles. The third-order valence-corrected chi connectivity index (χ3v) is 3.82. The van der Waals surface area contributed by atoms with Gasteiger partial charge < -0.3 is 14.8 Å². The first-order valence-corrected chi connectivity index (χ1v) is 7.83. The summed E-state index contributed by atoms with van der Waals surface area (Å²) in [6, 6.07) is 6.95. The van der Waals surface area contributed by atoms with Crippen molar-refractivity contribution in [3.05, 3.63) is 29.3 Å². The molecule has 1 aliphatic rings. The van der Waals surface area contributed by atoms with E-state index in [0.717, 1.165) is 57.6 Å². The van der Waals surface area contributed by atoms with Gasteiger partial charge in [-0.1, -0.05) is 25.1 Å². The first-order valence-electron chi connectivity index (χ1n) is 7.83. The van der Waals surface area contributed by atoms with Crippen LogP contribution in [0.2, 0.25) is 0 Å². The van der Waals surface area contributed by atoms with Gasteiger partial charge in [-0.15, -0.1) is 0 Å². The average Bonchev–Trinajstić information content (AvgIpc) is 2.50. The topological polar surface area (TPSA) is 30.5 Å². The van der Waals surface area contributed by atoms with E-state index < -0.39 is 0 Å². The molecule has 0 aromatic heterocycles. The molecule has 1 atom stereocenters. The number of para-hydroxylation sites is 1. The second-order valence-corrected chi connectivity index (χ2v) is 5.43. The summed E-state index contributed by atoms with van der Waals surface area (Å²) in [5.41, 5.74) is 2.69. The van der Waals surface area contributed by atoms with Gasteiger partial charge in [0.15, 0.2) is 0 Å². The predicted molar refractivity (Wildman–Crippen MR) is 82.4 cm³/mol. The van der Waals surface area contributed by atoms with Crippen LogP contribution in [-0.4, -0.2) is 26.9 Å². The van der Waals surface area contributed by atoms with E-state index in [1.807, 2.05) is 0 Å². The van der Waals surface area contributed by atoms with Gasteiger partial charge in [-0.05, 0) is 44.2 Å². The largest absolute Gasteiger partial charge is 0.493 e. The van der Waals surface area contributed by atoms with E-state index in [1.165, 1.54) is 11.1 Å². The monoisotopic (exact) mass is 277 g/mol. The minimum atomic E-state index is 0.373. The van der Waals surface area contributed by atoms with Gasteiger partial charge in [0.25, 0.3) is 0 Å². The zero-order valence-corrected chi connectivity index (χ0v) is 12.8. The molecule has 1 aromatic rings. The molecule has 2 rings (SSSR count). The normalized spacial score (nSPS) is 15.5. The molecule has 0 aliphatic carbocycles. The van der Waals surface area contributed by atoms with Gasteiger partial charge in [-0.25, -0.2) is 0 Å². The fraction of sp³-hybridized carbons (Fsp3) is 0.647. The molecule has 1 N–H and O–H groups in total. The quantitative estimate of drug-likeness (QED) is 0.738. The van der Waals surface area contributed by atoms with Crippen LogP contribution in [0.4, 0.5) is 0 Å². The van der Waals surface area contributed by atoms with Crippen LogP contribution in [0.3, 0.4) is 0 Å². The van der Waals surface area contributed by atoms with Crippen LogP contribution in [0.25, 0.3) is 0 Å². The standard InChI is InChI=1S/C17H27NO2/c1-3-11-18-16(10-6-12-19-2)15-9-4-7-14-8-5-13-20-17(14)15/h4,7,9,16,18H,3,5-6,8,10-13H2,1-2H3. The Labute approximate surface area is 122 Å². The van der Waals surface area contributed by atoms with Gasteiger partial charge in [0.05, 0.1) is 6.61 Å². The summed E-state index contributed by atoms with van der Waals surface area (Å²) < 4.78 is 11.1. The Bertz CT molecular complexity index is 406. The van der Waals surface area contributed by atoms with Gasteiger partial charge in [-0.2, -0.15) is 0 Å². The van der Waals surface area contributed by atoms with E-state index in [0.29, 0.717) is 6.04 Å². The van der Waals surface area contributed by atoms with Gasteiger partial charge in [0.2, 0.25) is 0 Å². The Kier molecular flexibility index (Phi) is 6.34. The lowest BCUT2D eigenvalue weighted by Gasteiger charge is -2.26. The number of aryl methyl sites for hydroxylation is 1. The Morgan fingerprint density at radius 3 is 3.10 bits per heavy atom. The third-order valence-electron chi connectivity index (χ3n) is 3.82. The summed E-state index contributed by atoms with van der Waals surface area (Å²) in [5.74, 6) is 1.13. The van der Waals surface area contributed by atoms with Crippen LogP contribution in [0.15, 0.2) is 18.2 Å². The maximum Gasteiger partial charge on any atom is 0.127 e. The number of fused-ring (bicyclic) bond motifs is 1. The van der Waals surface area contributed by atoms with E-state index in [2.05, 4.69) is 30.4 Å². The van der Waals surface area contributed by atoms with Crippen LogP contribution >= 0.6 is 0 Å². The van der Waals surface area contributed by atoms with E-state index in [9.17, 15) is 0 Å². The van der Waals surface area contributed by atoms with Crippen LogP contribution in [0.5, 0.6) is 5.75 Å². The van der Waals surface area contributed by atoms with Crippen molar-refractivity contribution in [2.75, 3.05) is 26.9 Å². The number of nitrogens with one attached hydrogen (secondary N) is 1. The summed E-state index contributed by atoms with van der Waals surface area (Å²) in [5, 5.41) is 3.66. The molecule has 0 fully saturated rings. The summed E-state index contributed by atoms with van der Waals surface area (Å²) in [4.78, 5) is 0. The van der Waals surface area contributed by atoms with Crippen molar-refractivity contribution in [3.63, 3.8) is 0 Å². The molecule has 0 saturated carbocycles. The maximum absolute atomic E-state index is 5.95. The first-order chi connectivity index (χ1) is 9.86. The summed E-state index contributed by atoms with van der Waals surface area (Å²) >= 11 is 0. The fourth-order valence-corrected chi connectivity index (χ4v) is 2.81. The molecular weight excluding hydrogens is 250 g/mol. The van der Waals surface area contributed by atoms with Gasteiger partial charge in [0.1, 0.15) is 5.75 Å². The second kappa shape index (κ2) is 8.28. The number of benzene rings is 1. The molecular formula is C17H27NO2. The highest BCUT2D eigenvalue weighted by atomic mass is 16.5. The van der Waals surface area contributed by atoms with Crippen LogP contribution in [-0.2, 0) is 11.2 Å². The molecule has 20 heavy (non-hydrogen) atoms. The van der Waals surface area contributed by atoms with Crippen molar-refractivity contribution in [2.24, 2.45) is 0 Å². The molecule has 1 aliphatic heterocycles. The highest BCUT2D eigenvalue weighted by Gasteiger charge is 2.20. The van der Waals surface area contributed by atoms with Gasteiger partial charge >= 0.3 is 0 Å². The average molecular weight is 277 g/mol. The first kappa shape index (κ1) is 15.3. The van der Waals surface area contributed by atoms with Crippen LogP contribution in [0.1, 0.15) is 49.8 Å². The predicted octanol–water partition coefficient (Wildman–Crippen LogP) is 3.48. The Morgan fingerprint density at radius 1 is 1.40 bits per heavy atom. The molecule has 0 bridgehead atoms. The van der Waals surface area contributed by atoms with Crippen LogP contribution < -0.4 is 10.1 Å². The molecule has 3 nitrogen and oxygen atoms in total. The fourth-order valence-electron chi connectivity index (χ4n) is 2.81. The Hall–Kier alpha value is -1.06. The molecule has 0 spiro atoms. The lowest BCUT2D eigenvalue weighted by molar-refractivity contribution is 0.188. The maximum atomic E-state index is 5.95. The Balaban J connectivity index is 2.14. The second-order valence-electron chi connectivity index (χ2n) is 5.43. The molecule has 1 aromatic carbocycles. The van der Waals surface area contributed by atoms with Crippen molar-refractivity contribution in [1.82, 2.24) is 5.32 Å². The lowest BCUT2D eigenvalue weighted by Crippen LogP contribution is -2.24. The van der Waals surface area contributed by atoms with Crippen molar-refractivity contribution < 1.29 is 9.47 Å². The van der Waals surface area contributed by atoms with E-state index in [-0.39, 0.29) is 0 Å². The zero-order chi connectivity index (χ0) is 14.2. The molecule has 3 heteroatoms. The smallest absolute Gasteiger partial charge is 0.127 e. The molecule has 1 unspecified atom stereocenters. The molecule has 0 saturated heterocycles. The molecule has 0 radical (unpaired) electrons. The lowest BCUT2D eigenvalue weighted by atomic mass is 9.95. The number of rotatable bonds is 8. The third kappa shape index (κ3) is 3.97. The summed E-state index contributed by atoms with van der Waals surface area (Å²) in [6.07, 6.45) is 5.58. The number of ether oxygens (including phenoxy) is 2. The van der Waals surface area contributed by atoms with Crippen molar-refractivity contribution >= 4 is 0 Å². The van der Waals surface area contributed by atoms with E-state index >= 15 is 0 Å². The summed E-state index contributed by atoms with van der Waals surface area (Å²) in [7, 11) is 1.77. The zero-order valence-electron chi connectivity index (χ0n) is 12.8. The minimum Gasteiger partial charge on any atom is -0.493 e. The number of hydrogen-bond donors (Lipinski definition) is 1. The number of methoxy groups -OCH3 is 1. The van der Waals surface area contributed by atoms with Crippen molar-refractivity contribution in [2.45, 2.75) is 45.1 Å². The van der Waals surface area contributed by atoms with E-state index in [1.54, 1.807) is 7.11 Å². The van der Waals surface area contributed by atoms with Crippen LogP contribution in [0, 0.1) is 0 Å². The highest BCUT2D eigenvalue weighted by molar-refractivity contribution is 5.44. The molecule has 112 valence electrons. The number of hydrogen-bond acceptors (Lipinski definition) is 3. The van der Waals surface area contributed by atoms with E-state index in [4.69, 9.17) is 9.47 Å².